The summed E-state index contributed by atoms with van der Waals surface area (Å²) in [5.74, 6) is -0.127. The Kier molecular flexibility index (Phi) is 5.00. The van der Waals surface area contributed by atoms with E-state index in [4.69, 9.17) is 10.5 Å². The summed E-state index contributed by atoms with van der Waals surface area (Å²) in [6.45, 7) is 11.0. The summed E-state index contributed by atoms with van der Waals surface area (Å²) in [5.41, 5.74) is 6.57. The predicted octanol–water partition coefficient (Wildman–Crippen LogP) is 2.20. The lowest BCUT2D eigenvalue weighted by atomic mass is 10.1. The highest BCUT2D eigenvalue weighted by atomic mass is 16.5. The van der Waals surface area contributed by atoms with Crippen LogP contribution in [0.25, 0.3) is 0 Å². The Morgan fingerprint density at radius 3 is 2.68 bits per heavy atom. The number of amides is 1. The lowest BCUT2D eigenvalue weighted by Gasteiger charge is -2.25. The first-order valence-corrected chi connectivity index (χ1v) is 6.66. The van der Waals surface area contributed by atoms with E-state index < -0.39 is 0 Å². The number of aromatic nitrogens is 1. The molecule has 0 saturated heterocycles. The van der Waals surface area contributed by atoms with Gasteiger partial charge < -0.3 is 20.4 Å². The Bertz CT molecular complexity index is 436. The molecular weight excluding hydrogens is 242 g/mol. The normalized spacial score (nSPS) is 11.9. The second-order valence-corrected chi connectivity index (χ2v) is 5.54. The van der Waals surface area contributed by atoms with Gasteiger partial charge in [0.15, 0.2) is 0 Å². The number of carbonyl (C=O) groups is 1. The molecule has 0 spiro atoms. The number of carbonyl (C=O) groups excluding carboxylic acids is 1. The van der Waals surface area contributed by atoms with Crippen molar-refractivity contribution in [1.29, 1.82) is 0 Å². The van der Waals surface area contributed by atoms with Gasteiger partial charge in [-0.15, -0.1) is 0 Å². The number of hydrogen-bond acceptors (Lipinski definition) is 3. The van der Waals surface area contributed by atoms with Gasteiger partial charge in [-0.05, 0) is 40.7 Å². The molecule has 19 heavy (non-hydrogen) atoms. The number of nitrogen functional groups attached to an aromatic ring is 1. The molecule has 1 aromatic rings. The highest BCUT2D eigenvalue weighted by molar-refractivity contribution is 5.93. The minimum absolute atomic E-state index is 0.127. The average Bonchev–Trinajstić information content (AvgIpc) is 2.68. The largest absolute Gasteiger partial charge is 0.397 e. The van der Waals surface area contributed by atoms with E-state index in [1.165, 1.54) is 0 Å². The van der Waals surface area contributed by atoms with Crippen LogP contribution in [-0.4, -0.2) is 29.2 Å². The number of anilines is 1. The third kappa shape index (κ3) is 4.28. The fourth-order valence-electron chi connectivity index (χ4n) is 1.94. The Labute approximate surface area is 115 Å². The predicted molar refractivity (Wildman–Crippen MR) is 77.3 cm³/mol. The zero-order valence-electron chi connectivity index (χ0n) is 12.5. The van der Waals surface area contributed by atoms with Crippen molar-refractivity contribution < 1.29 is 9.53 Å². The van der Waals surface area contributed by atoms with E-state index >= 15 is 0 Å². The van der Waals surface area contributed by atoms with Gasteiger partial charge in [-0.25, -0.2) is 0 Å². The van der Waals surface area contributed by atoms with E-state index in [1.807, 2.05) is 39.2 Å². The van der Waals surface area contributed by atoms with Crippen LogP contribution in [0.3, 0.4) is 0 Å². The quantitative estimate of drug-likeness (QED) is 0.830. The molecule has 0 aliphatic carbocycles. The summed E-state index contributed by atoms with van der Waals surface area (Å²) in [5, 5.41) is 2.89. The summed E-state index contributed by atoms with van der Waals surface area (Å²) >= 11 is 0. The van der Waals surface area contributed by atoms with Crippen LogP contribution in [-0.2, 0) is 4.74 Å². The lowest BCUT2D eigenvalue weighted by Crippen LogP contribution is -2.41. The van der Waals surface area contributed by atoms with Crippen molar-refractivity contribution in [1.82, 2.24) is 9.88 Å². The van der Waals surface area contributed by atoms with Crippen LogP contribution in [0.5, 0.6) is 0 Å². The molecule has 1 aromatic heterocycles. The van der Waals surface area contributed by atoms with Gasteiger partial charge in [0.1, 0.15) is 5.69 Å². The molecule has 1 amide bonds. The fraction of sp³-hybridized carbons (Fsp3) is 0.643. The number of ether oxygens (including phenoxy) is 1. The number of hydrogen-bond donors (Lipinski definition) is 2. The van der Waals surface area contributed by atoms with E-state index in [2.05, 4.69) is 5.32 Å². The van der Waals surface area contributed by atoms with Gasteiger partial charge in [0.25, 0.3) is 5.91 Å². The molecule has 0 fully saturated rings. The summed E-state index contributed by atoms with van der Waals surface area (Å²) in [7, 11) is 0. The topological polar surface area (TPSA) is 69.3 Å². The van der Waals surface area contributed by atoms with Gasteiger partial charge in [-0.1, -0.05) is 0 Å². The summed E-state index contributed by atoms with van der Waals surface area (Å²) in [4.78, 5) is 12.2. The van der Waals surface area contributed by atoms with Crippen molar-refractivity contribution in [3.8, 4) is 0 Å². The highest BCUT2D eigenvalue weighted by Gasteiger charge is 2.21. The Morgan fingerprint density at radius 2 is 2.16 bits per heavy atom. The number of nitrogens with zero attached hydrogens (tertiary/aromatic N) is 1. The third-order valence-electron chi connectivity index (χ3n) is 2.87. The maximum atomic E-state index is 12.2. The molecule has 1 heterocycles. The standard InChI is InChI=1S/C14H25N3O2/c1-6-19-14(4,5)9-16-13(18)12-7-11(15)8-17(12)10(2)3/h7-8,10H,6,9,15H2,1-5H3,(H,16,18). The Hall–Kier alpha value is -1.49. The van der Waals surface area contributed by atoms with Crippen molar-refractivity contribution in [2.75, 3.05) is 18.9 Å². The molecule has 5 nitrogen and oxygen atoms in total. The van der Waals surface area contributed by atoms with Crippen molar-refractivity contribution in [3.63, 3.8) is 0 Å². The Morgan fingerprint density at radius 1 is 1.53 bits per heavy atom. The minimum Gasteiger partial charge on any atom is -0.397 e. The molecule has 0 aliphatic rings. The number of nitrogens with one attached hydrogen (secondary N) is 1. The fourth-order valence-corrected chi connectivity index (χ4v) is 1.94. The van der Waals surface area contributed by atoms with Crippen LogP contribution in [0.15, 0.2) is 12.3 Å². The molecule has 1 rings (SSSR count). The molecule has 0 bridgehead atoms. The van der Waals surface area contributed by atoms with Gasteiger partial charge in [0, 0.05) is 25.4 Å². The SMILES string of the molecule is CCOC(C)(C)CNC(=O)c1cc(N)cn1C(C)C. The van der Waals surface area contributed by atoms with Gasteiger partial charge in [-0.2, -0.15) is 0 Å². The van der Waals surface area contributed by atoms with Crippen molar-refractivity contribution in [3.05, 3.63) is 18.0 Å². The van der Waals surface area contributed by atoms with Crippen molar-refractivity contribution in [2.45, 2.75) is 46.3 Å². The van der Waals surface area contributed by atoms with Crippen molar-refractivity contribution >= 4 is 11.6 Å². The summed E-state index contributed by atoms with van der Waals surface area (Å²) in [6, 6.07) is 1.89. The molecule has 3 N–H and O–H groups in total. The maximum Gasteiger partial charge on any atom is 0.268 e. The summed E-state index contributed by atoms with van der Waals surface area (Å²) < 4.78 is 7.43. The first-order chi connectivity index (χ1) is 8.76. The van der Waals surface area contributed by atoms with Gasteiger partial charge in [0.05, 0.1) is 11.3 Å². The van der Waals surface area contributed by atoms with E-state index in [-0.39, 0.29) is 17.6 Å². The molecule has 0 atom stereocenters. The molecule has 0 aromatic carbocycles. The van der Waals surface area contributed by atoms with Gasteiger partial charge in [-0.3, -0.25) is 4.79 Å². The first-order valence-electron chi connectivity index (χ1n) is 6.66. The molecular formula is C14H25N3O2. The molecule has 5 heteroatoms. The second-order valence-electron chi connectivity index (χ2n) is 5.54. The van der Waals surface area contributed by atoms with Gasteiger partial charge >= 0.3 is 0 Å². The second kappa shape index (κ2) is 6.10. The smallest absolute Gasteiger partial charge is 0.268 e. The molecule has 0 aliphatic heterocycles. The van der Waals surface area contributed by atoms with Crippen LogP contribution < -0.4 is 11.1 Å². The minimum atomic E-state index is -0.370. The highest BCUT2D eigenvalue weighted by Crippen LogP contribution is 2.16. The van der Waals surface area contributed by atoms with Crippen molar-refractivity contribution in [2.24, 2.45) is 0 Å². The monoisotopic (exact) mass is 267 g/mol. The van der Waals surface area contributed by atoms with E-state index in [9.17, 15) is 4.79 Å². The molecule has 0 radical (unpaired) electrons. The van der Waals surface area contributed by atoms with E-state index in [0.717, 1.165) is 0 Å². The molecule has 0 unspecified atom stereocenters. The van der Waals surface area contributed by atoms with Crippen LogP contribution in [0.2, 0.25) is 0 Å². The zero-order valence-corrected chi connectivity index (χ0v) is 12.5. The number of nitrogens with two attached hydrogens (primary N) is 1. The number of rotatable bonds is 6. The van der Waals surface area contributed by atoms with Crippen LogP contribution in [0, 0.1) is 0 Å². The van der Waals surface area contributed by atoms with Crippen LogP contribution in [0.4, 0.5) is 5.69 Å². The summed E-state index contributed by atoms with van der Waals surface area (Å²) in [6.07, 6.45) is 1.78. The third-order valence-corrected chi connectivity index (χ3v) is 2.87. The first kappa shape index (κ1) is 15.6. The van der Waals surface area contributed by atoms with Crippen LogP contribution in [0.1, 0.15) is 51.1 Å². The van der Waals surface area contributed by atoms with E-state index in [1.54, 1.807) is 12.3 Å². The van der Waals surface area contributed by atoms with Crippen LogP contribution >= 0.6 is 0 Å². The Balaban J connectivity index is 2.74. The van der Waals surface area contributed by atoms with E-state index in [0.29, 0.717) is 24.5 Å². The molecule has 108 valence electrons. The zero-order chi connectivity index (χ0) is 14.6. The molecule has 0 saturated carbocycles. The maximum absolute atomic E-state index is 12.2. The average molecular weight is 267 g/mol. The van der Waals surface area contributed by atoms with Gasteiger partial charge in [0.2, 0.25) is 0 Å². The lowest BCUT2D eigenvalue weighted by molar-refractivity contribution is -0.00821.